The number of aromatic nitrogens is 1. The molecule has 0 aliphatic carbocycles. The van der Waals surface area contributed by atoms with Gasteiger partial charge in [0, 0.05) is 19.2 Å². The van der Waals surface area contributed by atoms with Crippen LogP contribution in [0.4, 0.5) is 5.82 Å². The monoisotopic (exact) mass is 280 g/mol. The highest BCUT2D eigenvalue weighted by Crippen LogP contribution is 2.13. The van der Waals surface area contributed by atoms with Crippen molar-refractivity contribution < 1.29 is 19.1 Å². The summed E-state index contributed by atoms with van der Waals surface area (Å²) in [5.41, 5.74) is 0.421. The van der Waals surface area contributed by atoms with Crippen molar-refractivity contribution in [3.63, 3.8) is 0 Å². The summed E-state index contributed by atoms with van der Waals surface area (Å²) >= 11 is 0. The summed E-state index contributed by atoms with van der Waals surface area (Å²) in [6.45, 7) is 0.683. The lowest BCUT2D eigenvalue weighted by molar-refractivity contribution is -0.140. The van der Waals surface area contributed by atoms with Gasteiger partial charge in [0.05, 0.1) is 14.2 Å². The molecule has 1 aromatic heterocycles. The standard InChI is InChI=1S/C14H20N2O4/c1-19-12(17)8-4-3-5-9-15-13-11(14(18)20-2)7-6-10-16-13/h6-7,10H,3-5,8-9H2,1-2H3,(H,15,16). The van der Waals surface area contributed by atoms with Crippen LogP contribution in [0.5, 0.6) is 0 Å². The summed E-state index contributed by atoms with van der Waals surface area (Å²) in [5, 5.41) is 3.10. The van der Waals surface area contributed by atoms with Gasteiger partial charge in [0.1, 0.15) is 11.4 Å². The molecule has 6 heteroatoms. The fraction of sp³-hybridized carbons (Fsp3) is 0.500. The lowest BCUT2D eigenvalue weighted by Gasteiger charge is -2.09. The van der Waals surface area contributed by atoms with E-state index >= 15 is 0 Å². The van der Waals surface area contributed by atoms with Gasteiger partial charge in [0.2, 0.25) is 0 Å². The molecule has 0 aliphatic heterocycles. The van der Waals surface area contributed by atoms with Gasteiger partial charge >= 0.3 is 11.9 Å². The van der Waals surface area contributed by atoms with Gasteiger partial charge < -0.3 is 14.8 Å². The van der Waals surface area contributed by atoms with E-state index in [9.17, 15) is 9.59 Å². The summed E-state index contributed by atoms with van der Waals surface area (Å²) in [7, 11) is 2.73. The van der Waals surface area contributed by atoms with Crippen LogP contribution in [0, 0.1) is 0 Å². The van der Waals surface area contributed by atoms with Crippen LogP contribution in [0.15, 0.2) is 18.3 Å². The molecule has 0 bridgehead atoms. The Kier molecular flexibility index (Phi) is 7.10. The Morgan fingerprint density at radius 2 is 2.00 bits per heavy atom. The zero-order chi connectivity index (χ0) is 14.8. The normalized spacial score (nSPS) is 9.90. The number of esters is 2. The minimum absolute atomic E-state index is 0.185. The van der Waals surface area contributed by atoms with Gasteiger partial charge in [0.15, 0.2) is 0 Å². The number of methoxy groups -OCH3 is 2. The number of unbranched alkanes of at least 4 members (excludes halogenated alkanes) is 2. The van der Waals surface area contributed by atoms with Crippen LogP contribution in [0.3, 0.4) is 0 Å². The molecule has 1 aromatic rings. The molecule has 1 rings (SSSR count). The Hall–Kier alpha value is -2.11. The van der Waals surface area contributed by atoms with Crippen LogP contribution in [-0.4, -0.2) is 37.7 Å². The molecule has 0 saturated heterocycles. The molecule has 0 unspecified atom stereocenters. The van der Waals surface area contributed by atoms with Crippen molar-refractivity contribution in [2.45, 2.75) is 25.7 Å². The molecule has 1 heterocycles. The molecule has 0 atom stereocenters. The van der Waals surface area contributed by atoms with E-state index in [0.29, 0.717) is 24.3 Å². The number of nitrogens with zero attached hydrogens (tertiary/aromatic N) is 1. The summed E-state index contributed by atoms with van der Waals surface area (Å²) in [6, 6.07) is 3.35. The second kappa shape index (κ2) is 8.90. The first kappa shape index (κ1) is 15.9. The number of anilines is 1. The van der Waals surface area contributed by atoms with E-state index in [-0.39, 0.29) is 5.97 Å². The van der Waals surface area contributed by atoms with E-state index in [4.69, 9.17) is 4.74 Å². The summed E-state index contributed by atoms with van der Waals surface area (Å²) in [6.07, 6.45) is 4.64. The maximum absolute atomic E-state index is 11.5. The third kappa shape index (κ3) is 5.26. The van der Waals surface area contributed by atoms with Gasteiger partial charge in [-0.25, -0.2) is 9.78 Å². The maximum atomic E-state index is 11.5. The van der Waals surface area contributed by atoms with Crippen LogP contribution < -0.4 is 5.32 Å². The van der Waals surface area contributed by atoms with Crippen LogP contribution in [0.2, 0.25) is 0 Å². The van der Waals surface area contributed by atoms with Crippen LogP contribution >= 0.6 is 0 Å². The highest BCUT2D eigenvalue weighted by Gasteiger charge is 2.11. The van der Waals surface area contributed by atoms with Crippen molar-refractivity contribution in [2.75, 3.05) is 26.1 Å². The Balaban J connectivity index is 2.32. The molecule has 110 valence electrons. The van der Waals surface area contributed by atoms with E-state index in [0.717, 1.165) is 19.3 Å². The molecule has 0 saturated carbocycles. The zero-order valence-corrected chi connectivity index (χ0v) is 11.8. The number of ether oxygens (including phenoxy) is 2. The SMILES string of the molecule is COC(=O)CCCCCNc1ncccc1C(=O)OC. The predicted molar refractivity (Wildman–Crippen MR) is 74.6 cm³/mol. The summed E-state index contributed by atoms with van der Waals surface area (Å²) < 4.78 is 9.25. The smallest absolute Gasteiger partial charge is 0.341 e. The second-order valence-corrected chi connectivity index (χ2v) is 4.20. The highest BCUT2D eigenvalue weighted by atomic mass is 16.5. The van der Waals surface area contributed by atoms with Crippen molar-refractivity contribution >= 4 is 17.8 Å². The number of carbonyl (C=O) groups is 2. The number of carbonyl (C=O) groups excluding carboxylic acids is 2. The molecular formula is C14H20N2O4. The van der Waals surface area contributed by atoms with E-state index in [1.54, 1.807) is 18.3 Å². The number of hydrogen-bond acceptors (Lipinski definition) is 6. The van der Waals surface area contributed by atoms with Crippen LogP contribution in [0.1, 0.15) is 36.0 Å². The number of rotatable bonds is 8. The molecule has 1 N–H and O–H groups in total. The van der Waals surface area contributed by atoms with Crippen molar-refractivity contribution in [3.8, 4) is 0 Å². The molecule has 0 fully saturated rings. The molecule has 0 amide bonds. The minimum atomic E-state index is -0.411. The minimum Gasteiger partial charge on any atom is -0.469 e. The van der Waals surface area contributed by atoms with Gasteiger partial charge in [0.25, 0.3) is 0 Å². The third-order valence-electron chi connectivity index (χ3n) is 2.79. The van der Waals surface area contributed by atoms with E-state index in [1.165, 1.54) is 14.2 Å². The van der Waals surface area contributed by atoms with E-state index in [2.05, 4.69) is 15.0 Å². The van der Waals surface area contributed by atoms with Crippen molar-refractivity contribution in [2.24, 2.45) is 0 Å². The lowest BCUT2D eigenvalue weighted by atomic mass is 10.2. The van der Waals surface area contributed by atoms with Gasteiger partial charge in [-0.05, 0) is 25.0 Å². The largest absolute Gasteiger partial charge is 0.469 e. The first-order valence-electron chi connectivity index (χ1n) is 6.53. The third-order valence-corrected chi connectivity index (χ3v) is 2.79. The Bertz CT molecular complexity index is 449. The van der Waals surface area contributed by atoms with Gasteiger partial charge in [-0.1, -0.05) is 6.42 Å². The molecule has 0 spiro atoms. The van der Waals surface area contributed by atoms with Gasteiger partial charge in [-0.15, -0.1) is 0 Å². The Morgan fingerprint density at radius 3 is 2.70 bits per heavy atom. The van der Waals surface area contributed by atoms with Gasteiger partial charge in [-0.3, -0.25) is 4.79 Å². The predicted octanol–water partition coefficient (Wildman–Crippen LogP) is 2.01. The lowest BCUT2D eigenvalue weighted by Crippen LogP contribution is -2.11. The summed E-state index contributed by atoms with van der Waals surface area (Å²) in [5.74, 6) is -0.0747. The molecule has 0 aromatic carbocycles. The number of hydrogen-bond donors (Lipinski definition) is 1. The topological polar surface area (TPSA) is 77.5 Å². The summed E-state index contributed by atoms with van der Waals surface area (Å²) in [4.78, 5) is 26.6. The number of nitrogens with one attached hydrogen (secondary N) is 1. The quantitative estimate of drug-likeness (QED) is 0.580. The fourth-order valence-corrected chi connectivity index (χ4v) is 1.70. The molecule has 0 aliphatic rings. The first-order valence-corrected chi connectivity index (χ1v) is 6.53. The first-order chi connectivity index (χ1) is 9.69. The average molecular weight is 280 g/mol. The fourth-order valence-electron chi connectivity index (χ4n) is 1.70. The molecule has 6 nitrogen and oxygen atoms in total. The molecular weight excluding hydrogens is 260 g/mol. The molecule has 0 radical (unpaired) electrons. The van der Waals surface area contributed by atoms with E-state index in [1.807, 2.05) is 0 Å². The zero-order valence-electron chi connectivity index (χ0n) is 11.8. The van der Waals surface area contributed by atoms with Crippen LogP contribution in [-0.2, 0) is 14.3 Å². The second-order valence-electron chi connectivity index (χ2n) is 4.20. The maximum Gasteiger partial charge on any atom is 0.341 e. The number of pyridine rings is 1. The van der Waals surface area contributed by atoms with Gasteiger partial charge in [-0.2, -0.15) is 0 Å². The average Bonchev–Trinajstić information content (AvgIpc) is 2.50. The molecule has 20 heavy (non-hydrogen) atoms. The Labute approximate surface area is 118 Å². The Morgan fingerprint density at radius 1 is 1.20 bits per heavy atom. The van der Waals surface area contributed by atoms with Crippen molar-refractivity contribution in [1.82, 2.24) is 4.98 Å². The van der Waals surface area contributed by atoms with Crippen molar-refractivity contribution in [3.05, 3.63) is 23.9 Å². The van der Waals surface area contributed by atoms with Crippen molar-refractivity contribution in [1.29, 1.82) is 0 Å². The van der Waals surface area contributed by atoms with Crippen LogP contribution in [0.25, 0.3) is 0 Å². The van der Waals surface area contributed by atoms with E-state index < -0.39 is 5.97 Å². The highest BCUT2D eigenvalue weighted by molar-refractivity contribution is 5.94.